The molecule has 1 heterocycles. The van der Waals surface area contributed by atoms with Crippen molar-refractivity contribution in [3.63, 3.8) is 0 Å². The largest absolute Gasteiger partial charge is 0.374 e. The van der Waals surface area contributed by atoms with Gasteiger partial charge in [-0.05, 0) is 19.4 Å². The minimum absolute atomic E-state index is 0.0780. The molecule has 94 valence electrons. The van der Waals surface area contributed by atoms with Gasteiger partial charge in [0.05, 0.1) is 6.61 Å². The summed E-state index contributed by atoms with van der Waals surface area (Å²) in [7, 11) is 0. The number of carbonyl (C=O) groups excluding carboxylic acids is 1. The third-order valence-corrected chi connectivity index (χ3v) is 2.64. The maximum Gasteiger partial charge on any atom is 0.188 e. The molecule has 1 rings (SSSR count). The average molecular weight is 229 g/mol. The molecule has 0 aromatic rings. The number of hydrogen-bond acceptors (Lipinski definition) is 4. The van der Waals surface area contributed by atoms with Gasteiger partial charge in [-0.2, -0.15) is 0 Å². The van der Waals surface area contributed by atoms with Crippen molar-refractivity contribution in [3.8, 4) is 0 Å². The molecule has 0 N–H and O–H groups in total. The van der Waals surface area contributed by atoms with Crippen LogP contribution in [0.2, 0.25) is 0 Å². The van der Waals surface area contributed by atoms with Crippen molar-refractivity contribution in [1.82, 2.24) is 4.90 Å². The molecule has 0 bridgehead atoms. The van der Waals surface area contributed by atoms with Crippen LogP contribution >= 0.6 is 0 Å². The van der Waals surface area contributed by atoms with E-state index >= 15 is 0 Å². The van der Waals surface area contributed by atoms with E-state index in [-0.39, 0.29) is 18.5 Å². The van der Waals surface area contributed by atoms with Gasteiger partial charge < -0.3 is 9.47 Å². The van der Waals surface area contributed by atoms with Crippen molar-refractivity contribution >= 4 is 5.78 Å². The number of morpholine rings is 1. The second-order valence-corrected chi connectivity index (χ2v) is 4.18. The Labute approximate surface area is 97.9 Å². The summed E-state index contributed by atoms with van der Waals surface area (Å²) in [5, 5.41) is 0. The lowest BCUT2D eigenvalue weighted by Gasteiger charge is -2.31. The van der Waals surface area contributed by atoms with Gasteiger partial charge in [0.1, 0.15) is 12.7 Å². The Hall–Kier alpha value is -0.450. The first kappa shape index (κ1) is 13.6. The summed E-state index contributed by atoms with van der Waals surface area (Å²) < 4.78 is 10.7. The van der Waals surface area contributed by atoms with Crippen molar-refractivity contribution in [2.45, 2.75) is 32.8 Å². The Morgan fingerprint density at radius 2 is 2.25 bits per heavy atom. The van der Waals surface area contributed by atoms with Gasteiger partial charge in [-0.3, -0.25) is 9.69 Å². The number of hydrogen-bond donors (Lipinski definition) is 0. The molecule has 0 aliphatic carbocycles. The predicted molar refractivity (Wildman–Crippen MR) is 62.6 cm³/mol. The first-order valence-electron chi connectivity index (χ1n) is 6.22. The van der Waals surface area contributed by atoms with Crippen LogP contribution in [0.4, 0.5) is 0 Å². The molecular weight excluding hydrogens is 206 g/mol. The van der Waals surface area contributed by atoms with Crippen molar-refractivity contribution < 1.29 is 14.3 Å². The Balaban J connectivity index is 2.26. The second-order valence-electron chi connectivity index (χ2n) is 4.18. The van der Waals surface area contributed by atoms with Gasteiger partial charge in [-0.15, -0.1) is 0 Å². The molecular formula is C12H23NO3. The Bertz CT molecular complexity index is 206. The highest BCUT2D eigenvalue weighted by molar-refractivity contribution is 5.84. The summed E-state index contributed by atoms with van der Waals surface area (Å²) >= 11 is 0. The molecule has 0 saturated carbocycles. The average Bonchev–Trinajstić information content (AvgIpc) is 2.30. The van der Waals surface area contributed by atoms with Gasteiger partial charge in [-0.25, -0.2) is 0 Å². The van der Waals surface area contributed by atoms with E-state index in [9.17, 15) is 4.79 Å². The van der Waals surface area contributed by atoms with Gasteiger partial charge in [0.15, 0.2) is 5.78 Å². The zero-order chi connectivity index (χ0) is 11.8. The van der Waals surface area contributed by atoms with Crippen molar-refractivity contribution in [3.05, 3.63) is 0 Å². The highest BCUT2D eigenvalue weighted by Crippen LogP contribution is 2.07. The van der Waals surface area contributed by atoms with Crippen molar-refractivity contribution in [1.29, 1.82) is 0 Å². The summed E-state index contributed by atoms with van der Waals surface area (Å²) in [6.45, 7) is 8.39. The number of ether oxygens (including phenoxy) is 2. The molecule has 0 spiro atoms. The number of carbonyl (C=O) groups is 1. The third kappa shape index (κ3) is 4.60. The van der Waals surface area contributed by atoms with E-state index in [1.807, 2.05) is 6.92 Å². The van der Waals surface area contributed by atoms with Crippen LogP contribution in [0.3, 0.4) is 0 Å². The topological polar surface area (TPSA) is 38.8 Å². The monoisotopic (exact) mass is 229 g/mol. The fraction of sp³-hybridized carbons (Fsp3) is 0.917. The first-order valence-corrected chi connectivity index (χ1v) is 6.22. The second kappa shape index (κ2) is 7.76. The van der Waals surface area contributed by atoms with Crippen LogP contribution in [0, 0.1) is 0 Å². The van der Waals surface area contributed by atoms with Crippen LogP contribution in [-0.4, -0.2) is 56.2 Å². The molecule has 4 nitrogen and oxygen atoms in total. The molecule has 0 amide bonds. The fourth-order valence-electron chi connectivity index (χ4n) is 1.83. The SMILES string of the molecule is CCCOCC(=O)C1CN(CCC)CCO1. The number of Topliss-reactive ketones (excluding diaryl/α,β-unsaturated/α-hetero) is 1. The van der Waals surface area contributed by atoms with Crippen molar-refractivity contribution in [2.24, 2.45) is 0 Å². The molecule has 0 aromatic carbocycles. The van der Waals surface area contributed by atoms with E-state index in [1.54, 1.807) is 0 Å². The minimum Gasteiger partial charge on any atom is -0.374 e. The van der Waals surface area contributed by atoms with Gasteiger partial charge in [0.25, 0.3) is 0 Å². The zero-order valence-corrected chi connectivity index (χ0v) is 10.4. The van der Waals surface area contributed by atoms with Crippen molar-refractivity contribution in [2.75, 3.05) is 39.5 Å². The van der Waals surface area contributed by atoms with Crippen LogP contribution in [0.25, 0.3) is 0 Å². The molecule has 1 atom stereocenters. The number of nitrogens with zero attached hydrogens (tertiary/aromatic N) is 1. The lowest BCUT2D eigenvalue weighted by molar-refractivity contribution is -0.140. The van der Waals surface area contributed by atoms with Gasteiger partial charge in [-0.1, -0.05) is 13.8 Å². The maximum absolute atomic E-state index is 11.7. The summed E-state index contributed by atoms with van der Waals surface area (Å²) in [5.41, 5.74) is 0. The molecule has 4 heteroatoms. The summed E-state index contributed by atoms with van der Waals surface area (Å²) in [5.74, 6) is 0.0780. The minimum atomic E-state index is -0.280. The Kier molecular flexibility index (Phi) is 6.61. The Morgan fingerprint density at radius 1 is 1.44 bits per heavy atom. The van der Waals surface area contributed by atoms with Gasteiger partial charge in [0, 0.05) is 19.7 Å². The molecule has 0 radical (unpaired) electrons. The van der Waals surface area contributed by atoms with E-state index in [1.165, 1.54) is 0 Å². The van der Waals surface area contributed by atoms with E-state index in [4.69, 9.17) is 9.47 Å². The van der Waals surface area contributed by atoms with E-state index in [0.29, 0.717) is 13.2 Å². The van der Waals surface area contributed by atoms with E-state index < -0.39 is 0 Å². The molecule has 0 aromatic heterocycles. The molecule has 1 fully saturated rings. The lowest BCUT2D eigenvalue weighted by Crippen LogP contribution is -2.47. The normalized spacial score (nSPS) is 22.2. The first-order chi connectivity index (χ1) is 7.77. The van der Waals surface area contributed by atoms with E-state index in [2.05, 4.69) is 11.8 Å². The fourth-order valence-corrected chi connectivity index (χ4v) is 1.83. The van der Waals surface area contributed by atoms with Crippen LogP contribution in [0.1, 0.15) is 26.7 Å². The zero-order valence-electron chi connectivity index (χ0n) is 10.4. The highest BCUT2D eigenvalue weighted by atomic mass is 16.5. The van der Waals surface area contributed by atoms with Gasteiger partial charge >= 0.3 is 0 Å². The van der Waals surface area contributed by atoms with Crippen LogP contribution in [0.5, 0.6) is 0 Å². The summed E-state index contributed by atoms with van der Waals surface area (Å²) in [6, 6.07) is 0. The molecule has 16 heavy (non-hydrogen) atoms. The van der Waals surface area contributed by atoms with Crippen LogP contribution in [0.15, 0.2) is 0 Å². The quantitative estimate of drug-likeness (QED) is 0.613. The summed E-state index contributed by atoms with van der Waals surface area (Å²) in [4.78, 5) is 14.0. The molecule has 1 aliphatic rings. The summed E-state index contributed by atoms with van der Waals surface area (Å²) in [6.07, 6.45) is 1.78. The highest BCUT2D eigenvalue weighted by Gasteiger charge is 2.25. The Morgan fingerprint density at radius 3 is 2.94 bits per heavy atom. The lowest BCUT2D eigenvalue weighted by atomic mass is 10.2. The number of rotatable bonds is 7. The molecule has 1 unspecified atom stereocenters. The number of ketones is 1. The van der Waals surface area contributed by atoms with Gasteiger partial charge in [0.2, 0.25) is 0 Å². The molecule has 1 aliphatic heterocycles. The van der Waals surface area contributed by atoms with Crippen LogP contribution in [-0.2, 0) is 14.3 Å². The van der Waals surface area contributed by atoms with E-state index in [0.717, 1.165) is 32.5 Å². The smallest absolute Gasteiger partial charge is 0.188 e. The molecule has 1 saturated heterocycles. The standard InChI is InChI=1S/C12H23NO3/c1-3-5-13-6-8-16-12(9-13)11(14)10-15-7-4-2/h12H,3-10H2,1-2H3. The third-order valence-electron chi connectivity index (χ3n) is 2.64. The maximum atomic E-state index is 11.7. The van der Waals surface area contributed by atoms with Crippen LogP contribution < -0.4 is 0 Å². The predicted octanol–water partition coefficient (Wildman–Crippen LogP) is 1.09.